The van der Waals surface area contributed by atoms with Gasteiger partial charge in [-0.15, -0.1) is 0 Å². The van der Waals surface area contributed by atoms with Crippen LogP contribution in [-0.4, -0.2) is 54.4 Å². The minimum absolute atomic E-state index is 0.344. The Morgan fingerprint density at radius 2 is 2.10 bits per heavy atom. The summed E-state index contributed by atoms with van der Waals surface area (Å²) in [6.45, 7) is 5.47. The Labute approximate surface area is 127 Å². The molecule has 2 fully saturated rings. The van der Waals surface area contributed by atoms with Crippen molar-refractivity contribution in [1.82, 2.24) is 10.2 Å². The largest absolute Gasteiger partial charge is 0.491 e. The first-order chi connectivity index (χ1) is 10.2. The minimum atomic E-state index is -0.457. The van der Waals surface area contributed by atoms with Crippen molar-refractivity contribution in [3.8, 4) is 5.75 Å². The highest BCUT2D eigenvalue weighted by Gasteiger charge is 2.36. The molecular weight excluding hydrogens is 264 g/mol. The maximum absolute atomic E-state index is 10.1. The molecule has 0 aliphatic carbocycles. The monoisotopic (exact) mass is 290 g/mol. The Morgan fingerprint density at radius 3 is 2.90 bits per heavy atom. The zero-order valence-electron chi connectivity index (χ0n) is 12.8. The van der Waals surface area contributed by atoms with Crippen molar-refractivity contribution in [3.63, 3.8) is 0 Å². The first kappa shape index (κ1) is 14.8. The van der Waals surface area contributed by atoms with Crippen LogP contribution in [0.4, 0.5) is 0 Å². The topological polar surface area (TPSA) is 44.7 Å². The van der Waals surface area contributed by atoms with E-state index in [-0.39, 0.29) is 0 Å². The van der Waals surface area contributed by atoms with E-state index in [0.29, 0.717) is 25.2 Å². The summed E-state index contributed by atoms with van der Waals surface area (Å²) in [6, 6.07) is 9.17. The molecule has 2 aliphatic heterocycles. The van der Waals surface area contributed by atoms with Crippen LogP contribution in [0.1, 0.15) is 24.8 Å². The highest BCUT2D eigenvalue weighted by molar-refractivity contribution is 5.26. The summed E-state index contributed by atoms with van der Waals surface area (Å²) in [5.74, 6) is 0.822. The van der Waals surface area contributed by atoms with Crippen LogP contribution in [0.3, 0.4) is 0 Å². The molecule has 2 N–H and O–H groups in total. The van der Waals surface area contributed by atoms with Gasteiger partial charge in [0.25, 0.3) is 0 Å². The van der Waals surface area contributed by atoms with Gasteiger partial charge in [-0.2, -0.15) is 0 Å². The van der Waals surface area contributed by atoms with Crippen LogP contribution in [-0.2, 0) is 0 Å². The van der Waals surface area contributed by atoms with E-state index in [4.69, 9.17) is 4.74 Å². The molecule has 21 heavy (non-hydrogen) atoms. The molecule has 0 aromatic heterocycles. The number of hydrogen-bond acceptors (Lipinski definition) is 4. The lowest BCUT2D eigenvalue weighted by Gasteiger charge is -2.22. The van der Waals surface area contributed by atoms with E-state index in [0.717, 1.165) is 5.75 Å². The molecule has 0 spiro atoms. The van der Waals surface area contributed by atoms with E-state index in [9.17, 15) is 5.11 Å². The Hall–Kier alpha value is -1.10. The third-order valence-corrected chi connectivity index (χ3v) is 4.69. The van der Waals surface area contributed by atoms with Crippen molar-refractivity contribution in [3.05, 3.63) is 29.8 Å². The van der Waals surface area contributed by atoms with Crippen LogP contribution in [0.5, 0.6) is 5.75 Å². The van der Waals surface area contributed by atoms with Crippen LogP contribution in [0.25, 0.3) is 0 Å². The van der Waals surface area contributed by atoms with Crippen LogP contribution in [0.2, 0.25) is 0 Å². The molecule has 2 heterocycles. The first-order valence-electron chi connectivity index (χ1n) is 8.07. The molecule has 116 valence electrons. The van der Waals surface area contributed by atoms with E-state index in [1.807, 2.05) is 24.3 Å². The smallest absolute Gasteiger partial charge is 0.119 e. The van der Waals surface area contributed by atoms with Crippen LogP contribution >= 0.6 is 0 Å². The molecule has 2 saturated heterocycles. The fourth-order valence-corrected chi connectivity index (χ4v) is 3.49. The SMILES string of the molecule is Cc1ccc(OCC(O)CNC2CCN3CCCC23)cc1. The lowest BCUT2D eigenvalue weighted by Crippen LogP contribution is -2.43. The van der Waals surface area contributed by atoms with Gasteiger partial charge in [-0.3, -0.25) is 4.90 Å². The fourth-order valence-electron chi connectivity index (χ4n) is 3.49. The average Bonchev–Trinajstić information content (AvgIpc) is 3.08. The fraction of sp³-hybridized carbons (Fsp3) is 0.647. The number of nitrogens with one attached hydrogen (secondary N) is 1. The maximum atomic E-state index is 10.1. The molecule has 0 radical (unpaired) electrons. The Bertz CT molecular complexity index is 449. The van der Waals surface area contributed by atoms with E-state index < -0.39 is 6.10 Å². The van der Waals surface area contributed by atoms with Crippen molar-refractivity contribution in [2.75, 3.05) is 26.2 Å². The summed E-state index contributed by atoms with van der Waals surface area (Å²) < 4.78 is 5.62. The van der Waals surface area contributed by atoms with Gasteiger partial charge in [-0.05, 0) is 44.9 Å². The van der Waals surface area contributed by atoms with Gasteiger partial charge in [0.15, 0.2) is 0 Å². The molecule has 4 heteroatoms. The van der Waals surface area contributed by atoms with Crippen molar-refractivity contribution < 1.29 is 9.84 Å². The van der Waals surface area contributed by atoms with Crippen LogP contribution in [0, 0.1) is 6.92 Å². The van der Waals surface area contributed by atoms with Gasteiger partial charge in [-0.25, -0.2) is 0 Å². The van der Waals surface area contributed by atoms with Gasteiger partial charge in [0.2, 0.25) is 0 Å². The van der Waals surface area contributed by atoms with E-state index in [2.05, 4.69) is 17.1 Å². The first-order valence-corrected chi connectivity index (χ1v) is 8.07. The molecular formula is C17H26N2O2. The van der Waals surface area contributed by atoms with Gasteiger partial charge in [0.05, 0.1) is 0 Å². The molecule has 1 aromatic carbocycles. The highest BCUT2D eigenvalue weighted by Crippen LogP contribution is 2.27. The Balaban J connectivity index is 1.38. The third kappa shape index (κ3) is 3.76. The van der Waals surface area contributed by atoms with Gasteiger partial charge in [0.1, 0.15) is 18.5 Å². The molecule has 0 saturated carbocycles. The lowest BCUT2D eigenvalue weighted by atomic mass is 10.1. The number of aliphatic hydroxyl groups is 1. The second kappa shape index (κ2) is 6.77. The highest BCUT2D eigenvalue weighted by atomic mass is 16.5. The van der Waals surface area contributed by atoms with Crippen molar-refractivity contribution in [2.45, 2.75) is 44.4 Å². The standard InChI is InChI=1S/C17H26N2O2/c1-13-4-6-15(7-5-13)21-12-14(20)11-18-16-8-10-19-9-2-3-17(16)19/h4-7,14,16-18,20H,2-3,8-12H2,1H3. The summed E-state index contributed by atoms with van der Waals surface area (Å²) in [4.78, 5) is 2.58. The number of nitrogens with zero attached hydrogens (tertiary/aromatic N) is 1. The van der Waals surface area contributed by atoms with Crippen molar-refractivity contribution >= 4 is 0 Å². The van der Waals surface area contributed by atoms with E-state index in [1.165, 1.54) is 37.9 Å². The van der Waals surface area contributed by atoms with Crippen LogP contribution < -0.4 is 10.1 Å². The van der Waals surface area contributed by atoms with Crippen LogP contribution in [0.15, 0.2) is 24.3 Å². The lowest BCUT2D eigenvalue weighted by molar-refractivity contribution is 0.102. The summed E-state index contributed by atoms with van der Waals surface area (Å²) in [7, 11) is 0. The summed E-state index contributed by atoms with van der Waals surface area (Å²) in [5, 5.41) is 13.6. The molecule has 2 aliphatic rings. The van der Waals surface area contributed by atoms with Gasteiger partial charge < -0.3 is 15.2 Å². The number of aryl methyl sites for hydroxylation is 1. The number of benzene rings is 1. The molecule has 3 rings (SSSR count). The average molecular weight is 290 g/mol. The normalized spacial score (nSPS) is 26.8. The number of hydrogen-bond donors (Lipinski definition) is 2. The van der Waals surface area contributed by atoms with Crippen molar-refractivity contribution in [2.24, 2.45) is 0 Å². The minimum Gasteiger partial charge on any atom is -0.491 e. The number of rotatable bonds is 6. The third-order valence-electron chi connectivity index (χ3n) is 4.69. The summed E-state index contributed by atoms with van der Waals surface area (Å²) in [6.07, 6.45) is 3.37. The van der Waals surface area contributed by atoms with Gasteiger partial charge in [-0.1, -0.05) is 17.7 Å². The van der Waals surface area contributed by atoms with Gasteiger partial charge in [0, 0.05) is 25.2 Å². The number of ether oxygens (including phenoxy) is 1. The second-order valence-corrected chi connectivity index (χ2v) is 6.33. The number of fused-ring (bicyclic) bond motifs is 1. The van der Waals surface area contributed by atoms with Crippen molar-refractivity contribution in [1.29, 1.82) is 0 Å². The Morgan fingerprint density at radius 1 is 1.29 bits per heavy atom. The quantitative estimate of drug-likeness (QED) is 0.834. The van der Waals surface area contributed by atoms with E-state index in [1.54, 1.807) is 0 Å². The summed E-state index contributed by atoms with van der Waals surface area (Å²) >= 11 is 0. The van der Waals surface area contributed by atoms with Gasteiger partial charge >= 0.3 is 0 Å². The molecule has 0 amide bonds. The predicted octanol–water partition coefficient (Wildman–Crippen LogP) is 1.56. The summed E-state index contributed by atoms with van der Waals surface area (Å²) in [5.41, 5.74) is 1.21. The Kier molecular flexibility index (Phi) is 4.78. The van der Waals surface area contributed by atoms with E-state index >= 15 is 0 Å². The zero-order valence-corrected chi connectivity index (χ0v) is 12.8. The number of aliphatic hydroxyl groups excluding tert-OH is 1. The zero-order chi connectivity index (χ0) is 14.7. The molecule has 4 nitrogen and oxygen atoms in total. The molecule has 0 bridgehead atoms. The maximum Gasteiger partial charge on any atom is 0.119 e. The predicted molar refractivity (Wildman–Crippen MR) is 83.7 cm³/mol. The second-order valence-electron chi connectivity index (χ2n) is 6.33. The molecule has 3 atom stereocenters. The molecule has 3 unspecified atom stereocenters. The molecule has 1 aromatic rings.